The lowest BCUT2D eigenvalue weighted by Gasteiger charge is -2.38. The van der Waals surface area contributed by atoms with Crippen LogP contribution in [0.3, 0.4) is 0 Å². The van der Waals surface area contributed by atoms with Crippen molar-refractivity contribution in [2.45, 2.75) is 78.0 Å². The van der Waals surface area contributed by atoms with E-state index in [1.807, 2.05) is 34.6 Å². The maximum atomic E-state index is 12.2. The van der Waals surface area contributed by atoms with Crippen molar-refractivity contribution in [1.29, 1.82) is 0 Å². The van der Waals surface area contributed by atoms with Gasteiger partial charge in [-0.3, -0.25) is 9.59 Å². The number of carboxylic acid groups (broad SMARTS) is 1. The van der Waals surface area contributed by atoms with E-state index in [0.29, 0.717) is 6.42 Å². The van der Waals surface area contributed by atoms with Gasteiger partial charge in [0.1, 0.15) is 12.7 Å². The Bertz CT molecular complexity index is 559. The summed E-state index contributed by atoms with van der Waals surface area (Å²) in [5.41, 5.74) is -0.613. The number of ether oxygens (including phenoxy) is 2. The summed E-state index contributed by atoms with van der Waals surface area (Å²) in [5.74, 6) is -1.73. The Morgan fingerprint density at radius 2 is 1.77 bits per heavy atom. The quantitative estimate of drug-likeness (QED) is 0.475. The Kier molecular flexibility index (Phi) is 10.3. The molecule has 0 amide bonds. The smallest absolute Gasteiger partial charge is 0.306 e. The normalized spacial score (nSPS) is 14.9. The average Bonchev–Trinajstić information content (AvgIpc) is 2.53. The van der Waals surface area contributed by atoms with E-state index in [9.17, 15) is 18.0 Å². The van der Waals surface area contributed by atoms with Crippen molar-refractivity contribution >= 4 is 22.0 Å². The summed E-state index contributed by atoms with van der Waals surface area (Å²) in [7, 11) is -3.50. The summed E-state index contributed by atoms with van der Waals surface area (Å²) in [6, 6.07) is 0. The highest BCUT2D eigenvalue weighted by molar-refractivity contribution is 7.88. The SMILES string of the molecule is CC[C@H](C)O[C@H](COC(=O)CCC(=O)O)CN(C(C)(C)CC)S(C)(=O)=O. The molecule has 0 saturated carbocycles. The summed E-state index contributed by atoms with van der Waals surface area (Å²) in [6.07, 6.45) is 1.15. The first-order chi connectivity index (χ1) is 11.8. The maximum Gasteiger partial charge on any atom is 0.306 e. The van der Waals surface area contributed by atoms with Crippen molar-refractivity contribution in [3.8, 4) is 0 Å². The van der Waals surface area contributed by atoms with E-state index in [4.69, 9.17) is 14.6 Å². The van der Waals surface area contributed by atoms with Gasteiger partial charge in [-0.1, -0.05) is 13.8 Å². The van der Waals surface area contributed by atoms with E-state index in [1.165, 1.54) is 4.31 Å². The number of hydrogen-bond acceptors (Lipinski definition) is 6. The third kappa shape index (κ3) is 9.49. The molecule has 2 atom stereocenters. The molecular weight excluding hydrogens is 362 g/mol. The average molecular weight is 396 g/mol. The lowest BCUT2D eigenvalue weighted by Crippen LogP contribution is -2.51. The molecule has 0 saturated heterocycles. The minimum atomic E-state index is -3.50. The first-order valence-electron chi connectivity index (χ1n) is 8.84. The summed E-state index contributed by atoms with van der Waals surface area (Å²) in [4.78, 5) is 22.2. The first kappa shape index (κ1) is 24.8. The van der Waals surface area contributed by atoms with Crippen molar-refractivity contribution in [2.24, 2.45) is 0 Å². The van der Waals surface area contributed by atoms with E-state index >= 15 is 0 Å². The fraction of sp³-hybridized carbons (Fsp3) is 0.882. The molecular formula is C17H33NO7S. The van der Waals surface area contributed by atoms with E-state index < -0.39 is 33.6 Å². The van der Waals surface area contributed by atoms with Crippen LogP contribution in [0.1, 0.15) is 60.3 Å². The van der Waals surface area contributed by atoms with Gasteiger partial charge in [0.25, 0.3) is 0 Å². The molecule has 0 aromatic carbocycles. The number of carbonyl (C=O) groups excluding carboxylic acids is 1. The Hall–Kier alpha value is -1.19. The highest BCUT2D eigenvalue weighted by Gasteiger charge is 2.35. The van der Waals surface area contributed by atoms with Crippen molar-refractivity contribution in [1.82, 2.24) is 4.31 Å². The lowest BCUT2D eigenvalue weighted by atomic mass is 10.0. The minimum Gasteiger partial charge on any atom is -0.481 e. The predicted octanol–water partition coefficient (Wildman–Crippen LogP) is 2.03. The van der Waals surface area contributed by atoms with Gasteiger partial charge in [-0.25, -0.2) is 8.42 Å². The summed E-state index contributed by atoms with van der Waals surface area (Å²) in [5, 5.41) is 8.61. The van der Waals surface area contributed by atoms with Gasteiger partial charge < -0.3 is 14.6 Å². The number of aliphatic carboxylic acids is 1. The van der Waals surface area contributed by atoms with Gasteiger partial charge in [-0.2, -0.15) is 4.31 Å². The zero-order valence-corrected chi connectivity index (χ0v) is 17.5. The number of esters is 1. The van der Waals surface area contributed by atoms with Crippen LogP contribution in [0.4, 0.5) is 0 Å². The van der Waals surface area contributed by atoms with E-state index in [1.54, 1.807) is 0 Å². The van der Waals surface area contributed by atoms with Gasteiger partial charge in [0.15, 0.2) is 0 Å². The molecule has 154 valence electrons. The summed E-state index contributed by atoms with van der Waals surface area (Å²) >= 11 is 0. The van der Waals surface area contributed by atoms with Crippen LogP contribution in [0.5, 0.6) is 0 Å². The van der Waals surface area contributed by atoms with Gasteiger partial charge in [0.05, 0.1) is 25.2 Å². The fourth-order valence-electron chi connectivity index (χ4n) is 2.22. The summed E-state index contributed by atoms with van der Waals surface area (Å²) in [6.45, 7) is 9.26. The third-order valence-electron chi connectivity index (χ3n) is 4.28. The second kappa shape index (κ2) is 10.8. The van der Waals surface area contributed by atoms with Gasteiger partial charge in [0.2, 0.25) is 10.0 Å². The lowest BCUT2D eigenvalue weighted by molar-refractivity contribution is -0.152. The van der Waals surface area contributed by atoms with Gasteiger partial charge in [-0.05, 0) is 33.6 Å². The summed E-state index contributed by atoms with van der Waals surface area (Å²) < 4.78 is 36.8. The number of carboxylic acids is 1. The molecule has 8 nitrogen and oxygen atoms in total. The molecule has 9 heteroatoms. The molecule has 0 aliphatic rings. The first-order valence-corrected chi connectivity index (χ1v) is 10.7. The fourth-order valence-corrected chi connectivity index (χ4v) is 3.68. The van der Waals surface area contributed by atoms with E-state index in [0.717, 1.165) is 12.7 Å². The third-order valence-corrected chi connectivity index (χ3v) is 5.73. The van der Waals surface area contributed by atoms with Crippen LogP contribution >= 0.6 is 0 Å². The second-order valence-electron chi connectivity index (χ2n) is 7.01. The topological polar surface area (TPSA) is 110 Å². The van der Waals surface area contributed by atoms with Crippen molar-refractivity contribution in [3.05, 3.63) is 0 Å². The van der Waals surface area contributed by atoms with Crippen molar-refractivity contribution < 1.29 is 32.6 Å². The van der Waals surface area contributed by atoms with Crippen LogP contribution < -0.4 is 0 Å². The van der Waals surface area contributed by atoms with Crippen LogP contribution in [0.15, 0.2) is 0 Å². The molecule has 0 radical (unpaired) electrons. The highest BCUT2D eigenvalue weighted by Crippen LogP contribution is 2.23. The molecule has 0 rings (SSSR count). The van der Waals surface area contributed by atoms with E-state index in [-0.39, 0.29) is 32.1 Å². The van der Waals surface area contributed by atoms with Crippen LogP contribution in [0.25, 0.3) is 0 Å². The Labute approximate surface area is 156 Å². The zero-order valence-electron chi connectivity index (χ0n) is 16.6. The molecule has 0 unspecified atom stereocenters. The molecule has 0 aromatic heterocycles. The molecule has 26 heavy (non-hydrogen) atoms. The monoisotopic (exact) mass is 395 g/mol. The molecule has 0 bridgehead atoms. The van der Waals surface area contributed by atoms with E-state index in [2.05, 4.69) is 0 Å². The Balaban J connectivity index is 5.16. The van der Waals surface area contributed by atoms with Gasteiger partial charge >= 0.3 is 11.9 Å². The number of sulfonamides is 1. The van der Waals surface area contributed by atoms with Crippen LogP contribution in [-0.4, -0.2) is 66.9 Å². The molecule has 0 aliphatic heterocycles. The number of rotatable bonds is 13. The second-order valence-corrected chi connectivity index (χ2v) is 8.92. The predicted molar refractivity (Wildman–Crippen MR) is 98.4 cm³/mol. The molecule has 0 fully saturated rings. The number of hydrogen-bond donors (Lipinski definition) is 1. The largest absolute Gasteiger partial charge is 0.481 e. The molecule has 0 aromatic rings. The van der Waals surface area contributed by atoms with Crippen molar-refractivity contribution in [2.75, 3.05) is 19.4 Å². The molecule has 1 N–H and O–H groups in total. The minimum absolute atomic E-state index is 0.0518. The maximum absolute atomic E-state index is 12.2. The van der Waals surface area contributed by atoms with Crippen LogP contribution in [-0.2, 0) is 29.1 Å². The molecule has 0 aliphatic carbocycles. The highest BCUT2D eigenvalue weighted by atomic mass is 32.2. The molecule has 0 spiro atoms. The van der Waals surface area contributed by atoms with Crippen LogP contribution in [0, 0.1) is 0 Å². The Morgan fingerprint density at radius 3 is 2.19 bits per heavy atom. The van der Waals surface area contributed by atoms with Gasteiger partial charge in [-0.15, -0.1) is 0 Å². The Morgan fingerprint density at radius 1 is 1.19 bits per heavy atom. The number of carbonyl (C=O) groups is 2. The standard InChI is InChI=1S/C17H33NO7S/c1-7-13(3)25-14(12-24-16(21)10-9-15(19)20)11-18(26(6,22)23)17(4,5)8-2/h13-14H,7-12H2,1-6H3,(H,19,20)/t13-,14-/m0/s1. The zero-order chi connectivity index (χ0) is 20.5. The number of nitrogens with zero attached hydrogens (tertiary/aromatic N) is 1. The van der Waals surface area contributed by atoms with Gasteiger partial charge in [0, 0.05) is 12.1 Å². The molecule has 0 heterocycles. The van der Waals surface area contributed by atoms with Crippen LogP contribution in [0.2, 0.25) is 0 Å². The van der Waals surface area contributed by atoms with Crippen molar-refractivity contribution in [3.63, 3.8) is 0 Å².